The van der Waals surface area contributed by atoms with Crippen LogP contribution in [0, 0.1) is 0 Å². The first kappa shape index (κ1) is 17.4. The van der Waals surface area contributed by atoms with Gasteiger partial charge in [-0.2, -0.15) is 5.10 Å². The van der Waals surface area contributed by atoms with Crippen LogP contribution in [0.5, 0.6) is 0 Å². The molecule has 3 rings (SSSR count). The van der Waals surface area contributed by atoms with Crippen molar-refractivity contribution in [1.29, 1.82) is 0 Å². The van der Waals surface area contributed by atoms with E-state index in [1.54, 1.807) is 35.2 Å². The Labute approximate surface area is 147 Å². The van der Waals surface area contributed by atoms with E-state index in [1.165, 1.54) is 0 Å². The van der Waals surface area contributed by atoms with E-state index < -0.39 is 5.60 Å². The average molecular weight is 343 g/mol. The fourth-order valence-corrected chi connectivity index (χ4v) is 3.36. The van der Waals surface area contributed by atoms with Crippen molar-refractivity contribution in [1.82, 2.24) is 19.7 Å². The Morgan fingerprint density at radius 3 is 2.96 bits per heavy atom. The minimum Gasteiger partial charge on any atom is -0.386 e. The summed E-state index contributed by atoms with van der Waals surface area (Å²) in [5, 5.41) is 15.2. The van der Waals surface area contributed by atoms with Gasteiger partial charge in [-0.15, -0.1) is 0 Å². The number of nitrogens with zero attached hydrogens (tertiary/aromatic N) is 5. The highest BCUT2D eigenvalue weighted by atomic mass is 16.3. The molecule has 1 aliphatic rings. The normalized spacial score (nSPS) is 20.5. The molecule has 2 aromatic rings. The number of carbonyl (C=O) groups excluding carboxylic acids is 1. The number of hydrogen-bond donors (Lipinski definition) is 1. The lowest BCUT2D eigenvalue weighted by Crippen LogP contribution is -2.54. The molecule has 3 heterocycles. The summed E-state index contributed by atoms with van der Waals surface area (Å²) in [4.78, 5) is 20.6. The molecule has 1 fully saturated rings. The summed E-state index contributed by atoms with van der Waals surface area (Å²) in [5.74, 6) is 0.738. The van der Waals surface area contributed by atoms with Crippen LogP contribution >= 0.6 is 0 Å². The third-order valence-electron chi connectivity index (χ3n) is 4.61. The second-order valence-corrected chi connectivity index (χ2v) is 6.68. The zero-order valence-electron chi connectivity index (χ0n) is 14.8. The minimum atomic E-state index is -0.944. The number of aromatic nitrogens is 3. The summed E-state index contributed by atoms with van der Waals surface area (Å²) >= 11 is 0. The molecule has 1 atom stereocenters. The smallest absolute Gasteiger partial charge is 0.256 e. The molecule has 7 nitrogen and oxygen atoms in total. The van der Waals surface area contributed by atoms with E-state index in [-0.39, 0.29) is 12.5 Å². The van der Waals surface area contributed by atoms with Crippen LogP contribution in [-0.2, 0) is 6.54 Å². The van der Waals surface area contributed by atoms with E-state index >= 15 is 0 Å². The molecule has 1 unspecified atom stereocenters. The first-order valence-electron chi connectivity index (χ1n) is 8.67. The highest BCUT2D eigenvalue weighted by Gasteiger charge is 2.36. The van der Waals surface area contributed by atoms with Crippen molar-refractivity contribution in [3.05, 3.63) is 42.4 Å². The van der Waals surface area contributed by atoms with Gasteiger partial charge in [-0.1, -0.05) is 6.07 Å². The van der Waals surface area contributed by atoms with Gasteiger partial charge in [0.1, 0.15) is 5.82 Å². The van der Waals surface area contributed by atoms with Crippen molar-refractivity contribution in [2.24, 2.45) is 0 Å². The Bertz CT molecular complexity index is 717. The molecule has 0 bridgehead atoms. The molecule has 1 N–H and O–H groups in total. The number of amides is 1. The van der Waals surface area contributed by atoms with Crippen LogP contribution in [0.4, 0.5) is 5.82 Å². The highest BCUT2D eigenvalue weighted by Crippen LogP contribution is 2.25. The summed E-state index contributed by atoms with van der Waals surface area (Å²) in [5.41, 5.74) is -0.397. The molecule has 0 aliphatic carbocycles. The highest BCUT2D eigenvalue weighted by molar-refractivity contribution is 5.93. The zero-order valence-corrected chi connectivity index (χ0v) is 14.8. The third-order valence-corrected chi connectivity index (χ3v) is 4.61. The number of β-amino-alcohol motifs (C(OH)–C–C–N with tert-alkyl or cyclic N) is 1. The summed E-state index contributed by atoms with van der Waals surface area (Å²) in [6.07, 6.45) is 6.60. The predicted molar refractivity (Wildman–Crippen MR) is 95.5 cm³/mol. The predicted octanol–water partition coefficient (Wildman–Crippen LogP) is 1.40. The maximum absolute atomic E-state index is 12.6. The molecule has 134 valence electrons. The Hall–Kier alpha value is -2.41. The second kappa shape index (κ2) is 7.23. The molecule has 0 saturated carbocycles. The number of aryl methyl sites for hydroxylation is 1. The summed E-state index contributed by atoms with van der Waals surface area (Å²) in [6.45, 7) is 4.31. The van der Waals surface area contributed by atoms with Gasteiger partial charge in [-0.05, 0) is 31.9 Å². The van der Waals surface area contributed by atoms with Crippen LogP contribution in [0.3, 0.4) is 0 Å². The molecule has 2 aromatic heterocycles. The fraction of sp³-hybridized carbons (Fsp3) is 0.500. The van der Waals surface area contributed by atoms with Crippen LogP contribution in [0.25, 0.3) is 0 Å². The fourth-order valence-electron chi connectivity index (χ4n) is 3.36. The topological polar surface area (TPSA) is 74.5 Å². The summed E-state index contributed by atoms with van der Waals surface area (Å²) in [6, 6.07) is 5.76. The van der Waals surface area contributed by atoms with E-state index in [1.807, 2.05) is 25.1 Å². The van der Waals surface area contributed by atoms with Crippen LogP contribution in [0.15, 0.2) is 36.8 Å². The van der Waals surface area contributed by atoms with E-state index in [2.05, 4.69) is 15.0 Å². The van der Waals surface area contributed by atoms with E-state index in [4.69, 9.17) is 0 Å². The first-order chi connectivity index (χ1) is 12.0. The van der Waals surface area contributed by atoms with Gasteiger partial charge in [0.15, 0.2) is 0 Å². The van der Waals surface area contributed by atoms with Gasteiger partial charge < -0.3 is 14.9 Å². The van der Waals surface area contributed by atoms with Gasteiger partial charge in [0, 0.05) is 39.1 Å². The van der Waals surface area contributed by atoms with Crippen LogP contribution < -0.4 is 4.90 Å². The number of carbonyl (C=O) groups is 1. The molecule has 25 heavy (non-hydrogen) atoms. The molecule has 0 spiro atoms. The third kappa shape index (κ3) is 3.99. The van der Waals surface area contributed by atoms with Crippen molar-refractivity contribution in [2.75, 3.05) is 31.6 Å². The van der Waals surface area contributed by atoms with Gasteiger partial charge in [0.2, 0.25) is 0 Å². The SMILES string of the molecule is CCn1cc(C(=O)N(C)CC2(O)CCCN(c3ccccn3)C2)cn1. The van der Waals surface area contributed by atoms with Gasteiger partial charge >= 0.3 is 0 Å². The maximum Gasteiger partial charge on any atom is 0.256 e. The zero-order chi connectivity index (χ0) is 17.9. The van der Waals surface area contributed by atoms with Crippen molar-refractivity contribution in [3.8, 4) is 0 Å². The molecule has 1 aliphatic heterocycles. The van der Waals surface area contributed by atoms with Gasteiger partial charge in [-0.3, -0.25) is 9.48 Å². The van der Waals surface area contributed by atoms with E-state index in [9.17, 15) is 9.90 Å². The molecular weight excluding hydrogens is 318 g/mol. The van der Waals surface area contributed by atoms with Crippen LogP contribution in [0.2, 0.25) is 0 Å². The largest absolute Gasteiger partial charge is 0.386 e. The maximum atomic E-state index is 12.6. The van der Waals surface area contributed by atoms with E-state index in [0.29, 0.717) is 18.5 Å². The second-order valence-electron chi connectivity index (χ2n) is 6.68. The number of likely N-dealkylation sites (N-methyl/N-ethyl adjacent to an activating group) is 1. The summed E-state index contributed by atoms with van der Waals surface area (Å²) in [7, 11) is 1.73. The molecule has 1 saturated heterocycles. The lowest BCUT2D eigenvalue weighted by atomic mass is 9.92. The number of aliphatic hydroxyl groups is 1. The number of anilines is 1. The molecular formula is C18H25N5O2. The van der Waals surface area contributed by atoms with Crippen molar-refractivity contribution < 1.29 is 9.90 Å². The molecule has 7 heteroatoms. The monoisotopic (exact) mass is 343 g/mol. The van der Waals surface area contributed by atoms with Gasteiger partial charge in [-0.25, -0.2) is 4.98 Å². The Balaban J connectivity index is 1.66. The standard InChI is InChI=1S/C18H25N5O2/c1-3-23-12-15(11-20-23)17(24)21(2)13-18(25)8-6-10-22(14-18)16-7-4-5-9-19-16/h4-5,7,9,11-12,25H,3,6,8,10,13-14H2,1-2H3. The van der Waals surface area contributed by atoms with E-state index in [0.717, 1.165) is 25.3 Å². The van der Waals surface area contributed by atoms with Crippen molar-refractivity contribution in [3.63, 3.8) is 0 Å². The van der Waals surface area contributed by atoms with Crippen molar-refractivity contribution in [2.45, 2.75) is 31.9 Å². The summed E-state index contributed by atoms with van der Waals surface area (Å²) < 4.78 is 1.72. The lowest BCUT2D eigenvalue weighted by molar-refractivity contribution is -0.000135. The Kier molecular flexibility index (Phi) is 5.03. The number of pyridine rings is 1. The minimum absolute atomic E-state index is 0.122. The molecule has 0 radical (unpaired) electrons. The van der Waals surface area contributed by atoms with Gasteiger partial charge in [0.05, 0.1) is 23.9 Å². The Morgan fingerprint density at radius 1 is 1.44 bits per heavy atom. The first-order valence-corrected chi connectivity index (χ1v) is 8.67. The molecule has 1 amide bonds. The van der Waals surface area contributed by atoms with Crippen LogP contribution in [0.1, 0.15) is 30.1 Å². The Morgan fingerprint density at radius 2 is 2.28 bits per heavy atom. The molecule has 0 aromatic carbocycles. The van der Waals surface area contributed by atoms with Crippen LogP contribution in [-0.4, -0.2) is 63.0 Å². The quantitative estimate of drug-likeness (QED) is 0.888. The number of piperidine rings is 1. The number of rotatable bonds is 5. The average Bonchev–Trinajstić information content (AvgIpc) is 3.10. The van der Waals surface area contributed by atoms with Crippen molar-refractivity contribution >= 4 is 11.7 Å². The number of hydrogen-bond acceptors (Lipinski definition) is 5. The lowest BCUT2D eigenvalue weighted by Gasteiger charge is -2.41. The van der Waals surface area contributed by atoms with Gasteiger partial charge in [0.25, 0.3) is 5.91 Å².